The van der Waals surface area contributed by atoms with Crippen LogP contribution in [0.25, 0.3) is 28.0 Å². The third-order valence-electron chi connectivity index (χ3n) is 5.40. The van der Waals surface area contributed by atoms with Gasteiger partial charge in [0.05, 0.1) is 22.8 Å². The standard InChI is InChI=1S/C25H21Cl2F3N4O2/c1-14(2)31-23(35)18-13-17-21(15-7-9-16(26)10-8-15)34(20-6-4-3-5-19(20)27)32-22(17)33(24(18)36)12-11-25(28,29)30/h3-10,13-14H,11-12H2,1-2H3,(H,31,35). The normalized spacial score (nSPS) is 11.9. The van der Waals surface area contributed by atoms with Gasteiger partial charge in [-0.2, -0.15) is 13.2 Å². The molecule has 0 bridgehead atoms. The smallest absolute Gasteiger partial charge is 0.350 e. The average Bonchev–Trinajstić information content (AvgIpc) is 3.16. The summed E-state index contributed by atoms with van der Waals surface area (Å²) in [4.78, 5) is 26.2. The fourth-order valence-electron chi connectivity index (χ4n) is 3.83. The van der Waals surface area contributed by atoms with Gasteiger partial charge in [0, 0.05) is 28.6 Å². The topological polar surface area (TPSA) is 68.9 Å². The molecule has 0 radical (unpaired) electrons. The largest absolute Gasteiger partial charge is 0.390 e. The fraction of sp³-hybridized carbons (Fsp3) is 0.240. The first-order chi connectivity index (χ1) is 17.0. The van der Waals surface area contributed by atoms with Gasteiger partial charge in [-0.1, -0.05) is 47.5 Å². The van der Waals surface area contributed by atoms with Crippen molar-refractivity contribution in [3.63, 3.8) is 0 Å². The first-order valence-corrected chi connectivity index (χ1v) is 11.8. The van der Waals surface area contributed by atoms with E-state index < -0.39 is 30.6 Å². The lowest BCUT2D eigenvalue weighted by Gasteiger charge is -2.13. The van der Waals surface area contributed by atoms with E-state index in [0.717, 1.165) is 4.57 Å². The Morgan fingerprint density at radius 1 is 1.08 bits per heavy atom. The lowest BCUT2D eigenvalue weighted by molar-refractivity contribution is -0.136. The minimum absolute atomic E-state index is 0.00443. The van der Waals surface area contributed by atoms with Gasteiger partial charge in [0.25, 0.3) is 11.5 Å². The second-order valence-electron chi connectivity index (χ2n) is 8.46. The van der Waals surface area contributed by atoms with Crippen LogP contribution in [-0.4, -0.2) is 32.5 Å². The van der Waals surface area contributed by atoms with E-state index in [1.54, 1.807) is 62.4 Å². The van der Waals surface area contributed by atoms with Crippen LogP contribution in [0.4, 0.5) is 13.2 Å². The molecule has 0 aliphatic carbocycles. The number of nitrogens with one attached hydrogen (secondary N) is 1. The van der Waals surface area contributed by atoms with Crippen LogP contribution in [0.1, 0.15) is 30.6 Å². The number of para-hydroxylation sites is 1. The molecule has 0 spiro atoms. The van der Waals surface area contributed by atoms with Crippen molar-refractivity contribution in [3.05, 3.63) is 80.6 Å². The molecule has 6 nitrogen and oxygen atoms in total. The van der Waals surface area contributed by atoms with Crippen molar-refractivity contribution >= 4 is 40.1 Å². The molecule has 0 fully saturated rings. The number of fused-ring (bicyclic) bond motifs is 1. The van der Waals surface area contributed by atoms with Crippen LogP contribution in [0.3, 0.4) is 0 Å². The predicted octanol–water partition coefficient (Wildman–Crippen LogP) is 6.25. The minimum Gasteiger partial charge on any atom is -0.350 e. The van der Waals surface area contributed by atoms with Gasteiger partial charge < -0.3 is 5.32 Å². The van der Waals surface area contributed by atoms with E-state index >= 15 is 0 Å². The molecule has 0 saturated carbocycles. The van der Waals surface area contributed by atoms with Crippen molar-refractivity contribution in [1.29, 1.82) is 0 Å². The van der Waals surface area contributed by atoms with Gasteiger partial charge >= 0.3 is 6.18 Å². The number of halogens is 5. The highest BCUT2D eigenvalue weighted by atomic mass is 35.5. The zero-order chi connectivity index (χ0) is 26.2. The molecular formula is C25H21Cl2F3N4O2. The predicted molar refractivity (Wildman–Crippen MR) is 134 cm³/mol. The van der Waals surface area contributed by atoms with Crippen LogP contribution in [0.15, 0.2) is 59.4 Å². The number of hydrogen-bond acceptors (Lipinski definition) is 3. The lowest BCUT2D eigenvalue weighted by Crippen LogP contribution is -2.36. The highest BCUT2D eigenvalue weighted by Crippen LogP contribution is 2.34. The monoisotopic (exact) mass is 536 g/mol. The maximum absolute atomic E-state index is 13.3. The minimum atomic E-state index is -4.52. The van der Waals surface area contributed by atoms with E-state index in [9.17, 15) is 22.8 Å². The van der Waals surface area contributed by atoms with Gasteiger partial charge in [-0.3, -0.25) is 14.2 Å². The Hall–Kier alpha value is -3.30. The number of carbonyl (C=O) groups is 1. The molecule has 36 heavy (non-hydrogen) atoms. The molecule has 1 N–H and O–H groups in total. The average molecular weight is 537 g/mol. The molecule has 0 unspecified atom stereocenters. The summed E-state index contributed by atoms with van der Waals surface area (Å²) in [5.74, 6) is -0.690. The number of aryl methyl sites for hydroxylation is 1. The van der Waals surface area contributed by atoms with E-state index in [1.807, 2.05) is 0 Å². The van der Waals surface area contributed by atoms with Gasteiger partial charge in [-0.05, 0) is 44.2 Å². The lowest BCUT2D eigenvalue weighted by atomic mass is 10.1. The zero-order valence-corrected chi connectivity index (χ0v) is 20.7. The number of alkyl halides is 3. The van der Waals surface area contributed by atoms with Gasteiger partial charge in [0.2, 0.25) is 0 Å². The molecule has 2 aromatic heterocycles. The van der Waals surface area contributed by atoms with Crippen LogP contribution in [0, 0.1) is 0 Å². The summed E-state index contributed by atoms with van der Waals surface area (Å²) in [5.41, 5.74) is 0.342. The summed E-state index contributed by atoms with van der Waals surface area (Å²) in [6.45, 7) is 2.72. The molecule has 1 amide bonds. The van der Waals surface area contributed by atoms with E-state index in [0.29, 0.717) is 32.4 Å². The Bertz CT molecular complexity index is 1490. The van der Waals surface area contributed by atoms with E-state index in [4.69, 9.17) is 23.2 Å². The fourth-order valence-corrected chi connectivity index (χ4v) is 4.17. The van der Waals surface area contributed by atoms with Gasteiger partial charge in [-0.15, -0.1) is 5.10 Å². The van der Waals surface area contributed by atoms with Crippen molar-refractivity contribution in [2.24, 2.45) is 0 Å². The van der Waals surface area contributed by atoms with E-state index in [2.05, 4.69) is 10.4 Å². The second kappa shape index (κ2) is 9.99. The molecule has 11 heteroatoms. The number of nitrogens with zero attached hydrogens (tertiary/aromatic N) is 3. The Balaban J connectivity index is 2.10. The van der Waals surface area contributed by atoms with E-state index in [-0.39, 0.29) is 17.3 Å². The summed E-state index contributed by atoms with van der Waals surface area (Å²) in [6.07, 6.45) is -5.79. The van der Waals surface area contributed by atoms with Crippen molar-refractivity contribution in [2.45, 2.75) is 39.0 Å². The maximum atomic E-state index is 13.3. The van der Waals surface area contributed by atoms with Gasteiger partial charge in [-0.25, -0.2) is 4.68 Å². The number of benzene rings is 2. The highest BCUT2D eigenvalue weighted by Gasteiger charge is 2.29. The molecule has 0 atom stereocenters. The molecule has 0 saturated heterocycles. The summed E-state index contributed by atoms with van der Waals surface area (Å²) >= 11 is 12.5. The summed E-state index contributed by atoms with van der Waals surface area (Å²) in [7, 11) is 0. The SMILES string of the molecule is CC(C)NC(=O)c1cc2c(-c3ccc(Cl)cc3)n(-c3ccccc3Cl)nc2n(CCC(F)(F)F)c1=O. The molecule has 188 valence electrons. The Morgan fingerprint density at radius 2 is 1.75 bits per heavy atom. The number of pyridine rings is 1. The van der Waals surface area contributed by atoms with Crippen molar-refractivity contribution in [2.75, 3.05) is 0 Å². The van der Waals surface area contributed by atoms with Crippen LogP contribution in [0.5, 0.6) is 0 Å². The molecule has 2 aromatic carbocycles. The number of rotatable bonds is 6. The first-order valence-electron chi connectivity index (χ1n) is 11.0. The molecule has 4 aromatic rings. The third kappa shape index (κ3) is 5.27. The Labute approximate surface area is 214 Å². The van der Waals surface area contributed by atoms with E-state index in [1.165, 1.54) is 10.7 Å². The van der Waals surface area contributed by atoms with Crippen molar-refractivity contribution in [3.8, 4) is 16.9 Å². The van der Waals surface area contributed by atoms with Crippen molar-refractivity contribution < 1.29 is 18.0 Å². The van der Waals surface area contributed by atoms with Crippen molar-refractivity contribution in [1.82, 2.24) is 19.7 Å². The summed E-state index contributed by atoms with van der Waals surface area (Å²) in [6, 6.07) is 14.6. The first kappa shape index (κ1) is 25.8. The molecule has 0 aliphatic heterocycles. The third-order valence-corrected chi connectivity index (χ3v) is 5.98. The Morgan fingerprint density at radius 3 is 2.36 bits per heavy atom. The zero-order valence-electron chi connectivity index (χ0n) is 19.2. The van der Waals surface area contributed by atoms with Crippen LogP contribution in [-0.2, 0) is 6.54 Å². The number of aromatic nitrogens is 3. The molecule has 0 aliphatic rings. The Kier molecular flexibility index (Phi) is 7.15. The second-order valence-corrected chi connectivity index (χ2v) is 9.31. The highest BCUT2D eigenvalue weighted by molar-refractivity contribution is 6.32. The van der Waals surface area contributed by atoms with Gasteiger partial charge in [0.15, 0.2) is 5.65 Å². The summed E-state index contributed by atoms with van der Waals surface area (Å²) < 4.78 is 41.8. The van der Waals surface area contributed by atoms with Crippen LogP contribution in [0.2, 0.25) is 10.0 Å². The van der Waals surface area contributed by atoms with Crippen LogP contribution >= 0.6 is 23.2 Å². The molecular weight excluding hydrogens is 516 g/mol. The number of hydrogen-bond donors (Lipinski definition) is 1. The summed E-state index contributed by atoms with van der Waals surface area (Å²) in [5, 5.41) is 8.29. The molecule has 4 rings (SSSR count). The molecule has 2 heterocycles. The van der Waals surface area contributed by atoms with Gasteiger partial charge in [0.1, 0.15) is 5.56 Å². The number of amides is 1. The maximum Gasteiger partial charge on any atom is 0.390 e. The van der Waals surface area contributed by atoms with Crippen LogP contribution < -0.4 is 10.9 Å². The quantitative estimate of drug-likeness (QED) is 0.316. The number of carbonyl (C=O) groups excluding carboxylic acids is 1.